The fourth-order valence-electron chi connectivity index (χ4n) is 0.900. The van der Waals surface area contributed by atoms with Crippen molar-refractivity contribution in [2.75, 3.05) is 6.54 Å². The molecule has 0 aromatic heterocycles. The Morgan fingerprint density at radius 3 is 3.00 bits per heavy atom. The van der Waals surface area contributed by atoms with Crippen LogP contribution in [0.25, 0.3) is 16.5 Å². The van der Waals surface area contributed by atoms with E-state index in [1.54, 1.807) is 24.3 Å². The largest absolute Gasteiger partial charge is 0.206 e. The summed E-state index contributed by atoms with van der Waals surface area (Å²) >= 11 is 3.16. The monoisotopic (exact) mass is 255 g/mol. The van der Waals surface area contributed by atoms with Gasteiger partial charge in [-0.05, 0) is 17.7 Å². The highest BCUT2D eigenvalue weighted by Crippen LogP contribution is 2.16. The summed E-state index contributed by atoms with van der Waals surface area (Å²) in [6.07, 6.45) is 3.18. The highest BCUT2D eigenvalue weighted by molar-refractivity contribution is 9.10. The molecule has 1 aromatic rings. The maximum absolute atomic E-state index is 13.2. The van der Waals surface area contributed by atoms with E-state index in [9.17, 15) is 4.39 Å². The molecule has 14 heavy (non-hydrogen) atoms. The summed E-state index contributed by atoms with van der Waals surface area (Å²) in [5, 5.41) is 3.30. The highest BCUT2D eigenvalue weighted by Gasteiger charge is 1.97. The van der Waals surface area contributed by atoms with Crippen LogP contribution in [0.5, 0.6) is 0 Å². The molecule has 0 N–H and O–H groups in total. The molecule has 0 saturated heterocycles. The topological polar surface area (TPSA) is 48.8 Å². The summed E-state index contributed by atoms with van der Waals surface area (Å²) in [6.45, 7) is 0.228. The lowest BCUT2D eigenvalue weighted by molar-refractivity contribution is 0.624. The summed E-state index contributed by atoms with van der Waals surface area (Å²) < 4.78 is 13.9. The van der Waals surface area contributed by atoms with E-state index in [2.05, 4.69) is 26.0 Å². The fraction of sp³-hybridized carbons (Fsp3) is 0.111. The lowest BCUT2D eigenvalue weighted by Gasteiger charge is -1.96. The molecule has 3 nitrogen and oxygen atoms in total. The van der Waals surface area contributed by atoms with Crippen LogP contribution in [0.3, 0.4) is 0 Å². The van der Waals surface area contributed by atoms with Gasteiger partial charge >= 0.3 is 0 Å². The van der Waals surface area contributed by atoms with E-state index in [0.717, 1.165) is 0 Å². The Labute approximate surface area is 89.0 Å². The molecule has 0 spiro atoms. The summed E-state index contributed by atoms with van der Waals surface area (Å²) in [5.41, 5.74) is 8.47. The molecule has 0 saturated carbocycles. The SMILES string of the molecule is [N-]=[N+]=NCC=Cc1ccc(Br)cc1F. The third-order valence-electron chi connectivity index (χ3n) is 1.51. The number of hydrogen-bond acceptors (Lipinski definition) is 1. The van der Waals surface area contributed by atoms with Crippen molar-refractivity contribution in [2.24, 2.45) is 5.11 Å². The Morgan fingerprint density at radius 1 is 1.57 bits per heavy atom. The van der Waals surface area contributed by atoms with Crippen LogP contribution in [0.2, 0.25) is 0 Å². The van der Waals surface area contributed by atoms with Crippen LogP contribution >= 0.6 is 15.9 Å². The first-order valence-corrected chi connectivity index (χ1v) is 4.66. The number of nitrogens with zero attached hydrogens (tertiary/aromatic N) is 3. The Morgan fingerprint density at radius 2 is 2.36 bits per heavy atom. The van der Waals surface area contributed by atoms with Gasteiger partial charge in [0, 0.05) is 21.5 Å². The lowest BCUT2D eigenvalue weighted by Crippen LogP contribution is -1.81. The van der Waals surface area contributed by atoms with E-state index in [-0.39, 0.29) is 12.4 Å². The molecule has 1 rings (SSSR count). The minimum absolute atomic E-state index is 0.228. The molecular weight excluding hydrogens is 249 g/mol. The Balaban J connectivity index is 2.76. The van der Waals surface area contributed by atoms with Gasteiger partial charge < -0.3 is 0 Å². The molecule has 72 valence electrons. The van der Waals surface area contributed by atoms with Crippen molar-refractivity contribution in [1.29, 1.82) is 0 Å². The zero-order chi connectivity index (χ0) is 10.4. The smallest absolute Gasteiger partial charge is 0.131 e. The van der Waals surface area contributed by atoms with E-state index in [4.69, 9.17) is 5.53 Å². The van der Waals surface area contributed by atoms with E-state index in [1.807, 2.05) is 0 Å². The predicted molar refractivity (Wildman–Crippen MR) is 57.1 cm³/mol. The van der Waals surface area contributed by atoms with Crippen molar-refractivity contribution in [3.8, 4) is 0 Å². The van der Waals surface area contributed by atoms with Crippen LogP contribution in [0.15, 0.2) is 33.9 Å². The third-order valence-corrected chi connectivity index (χ3v) is 2.00. The van der Waals surface area contributed by atoms with Crippen LogP contribution < -0.4 is 0 Å². The van der Waals surface area contributed by atoms with Crippen LogP contribution in [0, 0.1) is 5.82 Å². The minimum Gasteiger partial charge on any atom is -0.206 e. The van der Waals surface area contributed by atoms with Crippen molar-refractivity contribution in [3.63, 3.8) is 0 Å². The molecule has 5 heteroatoms. The van der Waals surface area contributed by atoms with Gasteiger partial charge in [-0.1, -0.05) is 39.3 Å². The second-order valence-electron chi connectivity index (χ2n) is 2.48. The molecule has 0 amide bonds. The van der Waals surface area contributed by atoms with Crippen molar-refractivity contribution in [3.05, 3.63) is 50.6 Å². The van der Waals surface area contributed by atoms with E-state index in [1.165, 1.54) is 6.07 Å². The molecule has 0 fully saturated rings. The first-order chi connectivity index (χ1) is 6.74. The van der Waals surface area contributed by atoms with Gasteiger partial charge in [-0.15, -0.1) is 0 Å². The molecule has 0 bridgehead atoms. The van der Waals surface area contributed by atoms with Crippen molar-refractivity contribution in [1.82, 2.24) is 0 Å². The van der Waals surface area contributed by atoms with Crippen molar-refractivity contribution in [2.45, 2.75) is 0 Å². The summed E-state index contributed by atoms with van der Waals surface area (Å²) in [6, 6.07) is 4.77. The Bertz CT molecular complexity index is 397. The summed E-state index contributed by atoms with van der Waals surface area (Å²) in [5.74, 6) is -0.309. The molecule has 0 radical (unpaired) electrons. The number of azide groups is 1. The van der Waals surface area contributed by atoms with E-state index >= 15 is 0 Å². The summed E-state index contributed by atoms with van der Waals surface area (Å²) in [7, 11) is 0. The number of rotatable bonds is 3. The predicted octanol–water partition coefficient (Wildman–Crippen LogP) is 3.91. The molecule has 1 aromatic carbocycles. The highest BCUT2D eigenvalue weighted by atomic mass is 79.9. The number of hydrogen-bond donors (Lipinski definition) is 0. The van der Waals surface area contributed by atoms with Gasteiger partial charge in [-0.2, -0.15) is 0 Å². The Kier molecular flexibility index (Phi) is 4.16. The van der Waals surface area contributed by atoms with Gasteiger partial charge in [-0.3, -0.25) is 0 Å². The quantitative estimate of drug-likeness (QED) is 0.447. The van der Waals surface area contributed by atoms with Gasteiger partial charge in [0.1, 0.15) is 5.82 Å². The van der Waals surface area contributed by atoms with Gasteiger partial charge in [0.2, 0.25) is 0 Å². The van der Waals surface area contributed by atoms with Crippen molar-refractivity contribution < 1.29 is 4.39 Å². The van der Waals surface area contributed by atoms with Crippen molar-refractivity contribution >= 4 is 22.0 Å². The second kappa shape index (κ2) is 5.42. The fourth-order valence-corrected chi connectivity index (χ4v) is 1.23. The molecule has 0 aliphatic rings. The molecule has 0 aliphatic carbocycles. The van der Waals surface area contributed by atoms with Crippen LogP contribution in [-0.4, -0.2) is 6.54 Å². The Hall–Kier alpha value is -1.32. The van der Waals surface area contributed by atoms with Gasteiger partial charge in [0.05, 0.1) is 0 Å². The molecule has 0 aliphatic heterocycles. The molecule has 0 unspecified atom stereocenters. The lowest BCUT2D eigenvalue weighted by atomic mass is 10.2. The van der Waals surface area contributed by atoms with E-state index < -0.39 is 0 Å². The van der Waals surface area contributed by atoms with E-state index in [0.29, 0.717) is 10.0 Å². The maximum atomic E-state index is 13.2. The molecular formula is C9H7BrFN3. The molecule has 0 atom stereocenters. The van der Waals surface area contributed by atoms with Crippen LogP contribution in [0.4, 0.5) is 4.39 Å². The zero-order valence-corrected chi connectivity index (χ0v) is 8.78. The number of benzene rings is 1. The van der Waals surface area contributed by atoms with Crippen LogP contribution in [-0.2, 0) is 0 Å². The standard InChI is InChI=1S/C9H7BrFN3/c10-8-4-3-7(9(11)6-8)2-1-5-13-14-12/h1-4,6H,5H2. The first kappa shape index (κ1) is 10.8. The summed E-state index contributed by atoms with van der Waals surface area (Å²) in [4.78, 5) is 2.58. The minimum atomic E-state index is -0.309. The normalized spacial score (nSPS) is 10.1. The zero-order valence-electron chi connectivity index (χ0n) is 7.19. The second-order valence-corrected chi connectivity index (χ2v) is 3.40. The average molecular weight is 256 g/mol. The average Bonchev–Trinajstić information content (AvgIpc) is 2.15. The van der Waals surface area contributed by atoms with Gasteiger partial charge in [0.15, 0.2) is 0 Å². The van der Waals surface area contributed by atoms with Crippen LogP contribution in [0.1, 0.15) is 5.56 Å². The molecule has 0 heterocycles. The first-order valence-electron chi connectivity index (χ1n) is 3.86. The van der Waals surface area contributed by atoms with Gasteiger partial charge in [-0.25, -0.2) is 4.39 Å². The third kappa shape index (κ3) is 3.20. The number of halogens is 2. The van der Waals surface area contributed by atoms with Gasteiger partial charge in [0.25, 0.3) is 0 Å². The maximum Gasteiger partial charge on any atom is 0.131 e.